The summed E-state index contributed by atoms with van der Waals surface area (Å²) in [5.74, 6) is 0.165. The van der Waals surface area contributed by atoms with Crippen LogP contribution in [0.25, 0.3) is 10.8 Å². The van der Waals surface area contributed by atoms with Crippen molar-refractivity contribution in [2.75, 3.05) is 32.7 Å². The first-order valence-electron chi connectivity index (χ1n) is 9.61. The Morgan fingerprint density at radius 1 is 1.04 bits per heavy atom. The van der Waals surface area contributed by atoms with Gasteiger partial charge in [0.2, 0.25) is 5.91 Å². The van der Waals surface area contributed by atoms with Crippen LogP contribution in [0.5, 0.6) is 0 Å². The van der Waals surface area contributed by atoms with E-state index < -0.39 is 0 Å². The molecule has 1 heterocycles. The maximum absolute atomic E-state index is 12.9. The van der Waals surface area contributed by atoms with Crippen LogP contribution >= 0.6 is 0 Å². The first-order chi connectivity index (χ1) is 13.7. The molecule has 1 aliphatic heterocycles. The van der Waals surface area contributed by atoms with Gasteiger partial charge in [0.05, 0.1) is 6.42 Å². The number of nitrogens with one attached hydrogen (secondary N) is 1. The number of carbonyl (C=O) groups excluding carboxylic acids is 1. The highest BCUT2D eigenvalue weighted by molar-refractivity contribution is 6.01. The molecule has 1 aliphatic rings. The van der Waals surface area contributed by atoms with Gasteiger partial charge in [0.15, 0.2) is 0 Å². The predicted molar refractivity (Wildman–Crippen MR) is 117 cm³/mol. The number of amides is 1. The molecule has 1 N–H and O–H groups in total. The third-order valence-electron chi connectivity index (χ3n) is 5.27. The Hall–Kier alpha value is -2.98. The van der Waals surface area contributed by atoms with Gasteiger partial charge in [-0.2, -0.15) is 0 Å². The van der Waals surface area contributed by atoms with Crippen LogP contribution < -0.4 is 0 Å². The van der Waals surface area contributed by atoms with E-state index >= 15 is 0 Å². The van der Waals surface area contributed by atoms with Crippen LogP contribution in [0, 0.1) is 5.41 Å². The number of rotatable bonds is 7. The second-order valence-electron chi connectivity index (χ2n) is 7.02. The molecule has 0 aliphatic carbocycles. The summed E-state index contributed by atoms with van der Waals surface area (Å²) in [6, 6.07) is 11.9. The average Bonchev–Trinajstić information content (AvgIpc) is 2.74. The van der Waals surface area contributed by atoms with Gasteiger partial charge >= 0.3 is 0 Å². The fourth-order valence-electron chi connectivity index (χ4n) is 3.69. The summed E-state index contributed by atoms with van der Waals surface area (Å²) in [6.07, 6.45) is 7.39. The normalized spacial score (nSPS) is 15.4. The van der Waals surface area contributed by atoms with E-state index in [1.165, 1.54) is 6.21 Å². The van der Waals surface area contributed by atoms with Gasteiger partial charge in [0, 0.05) is 38.9 Å². The molecule has 0 radical (unpaired) electrons. The van der Waals surface area contributed by atoms with E-state index in [0.29, 0.717) is 6.42 Å². The summed E-state index contributed by atoms with van der Waals surface area (Å²) in [5.41, 5.74) is 3.05. The second-order valence-corrected chi connectivity index (χ2v) is 7.02. The summed E-state index contributed by atoms with van der Waals surface area (Å²) in [5, 5.41) is 9.67. The van der Waals surface area contributed by atoms with Crippen molar-refractivity contribution in [2.45, 2.75) is 6.42 Å². The Morgan fingerprint density at radius 3 is 2.39 bits per heavy atom. The van der Waals surface area contributed by atoms with E-state index in [1.807, 2.05) is 53.5 Å². The number of hydrogen-bond donors (Lipinski definition) is 1. The maximum Gasteiger partial charge on any atom is 0.227 e. The van der Waals surface area contributed by atoms with Gasteiger partial charge in [0.25, 0.3) is 0 Å². The van der Waals surface area contributed by atoms with Crippen molar-refractivity contribution in [2.24, 2.45) is 0 Å². The lowest BCUT2D eigenvalue weighted by Gasteiger charge is -2.35. The Labute approximate surface area is 167 Å². The third-order valence-corrected chi connectivity index (χ3v) is 5.27. The van der Waals surface area contributed by atoms with Gasteiger partial charge in [-0.3, -0.25) is 9.69 Å². The standard InChI is InChI=1S/C24H27N3O/c1-3-7-19(4-2)18-26-12-14-27(15-13-26)24(28)16-20-10-11-21(17-25)23-9-6-5-8-22(20)23/h3-11,17,25H,1-2,12-16,18H2/b19-7+,25-17?. The SMILES string of the molecule is C=C/C=C(\C=C)CN1CCN(C(=O)Cc2ccc(C=N)c3ccccc23)CC1. The molecule has 0 aromatic heterocycles. The summed E-state index contributed by atoms with van der Waals surface area (Å²) < 4.78 is 0. The minimum absolute atomic E-state index is 0.165. The Morgan fingerprint density at radius 2 is 1.75 bits per heavy atom. The highest BCUT2D eigenvalue weighted by Gasteiger charge is 2.22. The van der Waals surface area contributed by atoms with Crippen LogP contribution in [-0.4, -0.2) is 54.6 Å². The van der Waals surface area contributed by atoms with Crippen molar-refractivity contribution in [1.29, 1.82) is 5.41 Å². The number of benzene rings is 2. The molecule has 0 bridgehead atoms. The van der Waals surface area contributed by atoms with E-state index in [-0.39, 0.29) is 5.91 Å². The third kappa shape index (κ3) is 4.46. The number of nitrogens with zero attached hydrogens (tertiary/aromatic N) is 2. The lowest BCUT2D eigenvalue weighted by molar-refractivity contribution is -0.132. The molecule has 4 nitrogen and oxygen atoms in total. The Kier molecular flexibility index (Phi) is 6.56. The van der Waals surface area contributed by atoms with Gasteiger partial charge in [0.1, 0.15) is 0 Å². The fourth-order valence-corrected chi connectivity index (χ4v) is 3.69. The van der Waals surface area contributed by atoms with Crippen molar-refractivity contribution < 1.29 is 4.79 Å². The zero-order valence-corrected chi connectivity index (χ0v) is 16.2. The zero-order chi connectivity index (χ0) is 19.9. The summed E-state index contributed by atoms with van der Waals surface area (Å²) in [6.45, 7) is 11.6. The van der Waals surface area contributed by atoms with Gasteiger partial charge in [-0.15, -0.1) is 0 Å². The van der Waals surface area contributed by atoms with Gasteiger partial charge in [-0.1, -0.05) is 67.8 Å². The summed E-state index contributed by atoms with van der Waals surface area (Å²) in [7, 11) is 0. The van der Waals surface area contributed by atoms with Gasteiger partial charge in [-0.25, -0.2) is 0 Å². The van der Waals surface area contributed by atoms with Crippen LogP contribution in [0.1, 0.15) is 11.1 Å². The second kappa shape index (κ2) is 9.29. The lowest BCUT2D eigenvalue weighted by Crippen LogP contribution is -2.49. The minimum atomic E-state index is 0.165. The maximum atomic E-state index is 12.9. The van der Waals surface area contributed by atoms with Crippen molar-refractivity contribution in [3.05, 3.63) is 84.5 Å². The van der Waals surface area contributed by atoms with Crippen molar-refractivity contribution >= 4 is 22.9 Å². The number of carbonyl (C=O) groups is 1. The lowest BCUT2D eigenvalue weighted by atomic mass is 9.98. The first-order valence-corrected chi connectivity index (χ1v) is 9.61. The first kappa shape index (κ1) is 19.8. The predicted octanol–water partition coefficient (Wildman–Crippen LogP) is 3.82. The molecule has 2 aromatic carbocycles. The van der Waals surface area contributed by atoms with Gasteiger partial charge in [-0.05, 0) is 27.5 Å². The highest BCUT2D eigenvalue weighted by Crippen LogP contribution is 2.23. The van der Waals surface area contributed by atoms with E-state index in [4.69, 9.17) is 5.41 Å². The molecule has 3 rings (SSSR count). The van der Waals surface area contributed by atoms with Crippen molar-refractivity contribution in [1.82, 2.24) is 9.80 Å². The molecule has 0 unspecified atom stereocenters. The largest absolute Gasteiger partial charge is 0.340 e. The highest BCUT2D eigenvalue weighted by atomic mass is 16.2. The smallest absolute Gasteiger partial charge is 0.227 e. The topological polar surface area (TPSA) is 47.4 Å². The molecular formula is C24H27N3O. The van der Waals surface area contributed by atoms with Crippen LogP contribution in [0.3, 0.4) is 0 Å². The Bertz CT molecular complexity index is 921. The van der Waals surface area contributed by atoms with Crippen LogP contribution in [0.4, 0.5) is 0 Å². The van der Waals surface area contributed by atoms with E-state index in [9.17, 15) is 4.79 Å². The van der Waals surface area contributed by atoms with Crippen LogP contribution in [0.2, 0.25) is 0 Å². The van der Waals surface area contributed by atoms with Crippen LogP contribution in [-0.2, 0) is 11.2 Å². The molecule has 4 heteroatoms. The number of hydrogen-bond acceptors (Lipinski definition) is 3. The molecule has 1 fully saturated rings. The number of allylic oxidation sites excluding steroid dienone is 2. The average molecular weight is 374 g/mol. The molecular weight excluding hydrogens is 346 g/mol. The van der Waals surface area contributed by atoms with E-state index in [2.05, 4.69) is 18.1 Å². The molecule has 0 spiro atoms. The molecule has 2 aromatic rings. The molecule has 0 saturated carbocycles. The summed E-state index contributed by atoms with van der Waals surface area (Å²) in [4.78, 5) is 17.2. The van der Waals surface area contributed by atoms with E-state index in [0.717, 1.165) is 60.2 Å². The van der Waals surface area contributed by atoms with Crippen LogP contribution in [0.15, 0.2) is 73.4 Å². The quantitative estimate of drug-likeness (QED) is 0.592. The monoisotopic (exact) mass is 373 g/mol. The van der Waals surface area contributed by atoms with E-state index in [1.54, 1.807) is 6.08 Å². The molecule has 28 heavy (non-hydrogen) atoms. The number of piperazine rings is 1. The fraction of sp³-hybridized carbons (Fsp3) is 0.250. The van der Waals surface area contributed by atoms with Gasteiger partial charge < -0.3 is 10.3 Å². The minimum Gasteiger partial charge on any atom is -0.340 e. The molecule has 0 atom stereocenters. The zero-order valence-electron chi connectivity index (χ0n) is 16.2. The molecule has 1 amide bonds. The molecule has 1 saturated heterocycles. The Balaban J connectivity index is 1.65. The molecule has 144 valence electrons. The van der Waals surface area contributed by atoms with Crippen molar-refractivity contribution in [3.8, 4) is 0 Å². The summed E-state index contributed by atoms with van der Waals surface area (Å²) >= 11 is 0. The van der Waals surface area contributed by atoms with Crippen molar-refractivity contribution in [3.63, 3.8) is 0 Å². The number of fused-ring (bicyclic) bond motifs is 1.